The number of carbonyl (C=O) groups is 1. The van der Waals surface area contributed by atoms with Crippen molar-refractivity contribution >= 4 is 30.7 Å². The van der Waals surface area contributed by atoms with Gasteiger partial charge in [0.2, 0.25) is 0 Å². The predicted molar refractivity (Wildman–Crippen MR) is 85.7 cm³/mol. The molecule has 20 heavy (non-hydrogen) atoms. The van der Waals surface area contributed by atoms with Gasteiger partial charge in [-0.3, -0.25) is 9.78 Å². The third kappa shape index (κ3) is 4.08. The van der Waals surface area contributed by atoms with Gasteiger partial charge in [0.15, 0.2) is 0 Å². The lowest BCUT2D eigenvalue weighted by atomic mass is 9.90. The van der Waals surface area contributed by atoms with Crippen LogP contribution >= 0.6 is 24.8 Å². The molecule has 1 aliphatic rings. The van der Waals surface area contributed by atoms with Crippen LogP contribution in [0.25, 0.3) is 0 Å². The van der Waals surface area contributed by atoms with Crippen LogP contribution in [0.2, 0.25) is 0 Å². The molecule has 0 radical (unpaired) electrons. The molecule has 1 saturated heterocycles. The fourth-order valence-electron chi connectivity index (χ4n) is 2.62. The first-order chi connectivity index (χ1) is 8.63. The Morgan fingerprint density at radius 3 is 2.70 bits per heavy atom. The highest BCUT2D eigenvalue weighted by atomic mass is 35.5. The van der Waals surface area contributed by atoms with Crippen molar-refractivity contribution in [3.63, 3.8) is 0 Å². The highest BCUT2D eigenvalue weighted by Gasteiger charge is 2.31. The molecule has 114 valence electrons. The number of rotatable bonds is 2. The van der Waals surface area contributed by atoms with Gasteiger partial charge in [0.1, 0.15) is 0 Å². The average molecular weight is 320 g/mol. The minimum atomic E-state index is 0. The van der Waals surface area contributed by atoms with Crippen LogP contribution in [0.4, 0.5) is 0 Å². The minimum absolute atomic E-state index is 0. The maximum absolute atomic E-state index is 12.5. The molecular weight excluding hydrogens is 297 g/mol. The number of hydrogen-bond donors (Lipinski definition) is 1. The van der Waals surface area contributed by atoms with Gasteiger partial charge in [-0.2, -0.15) is 0 Å². The van der Waals surface area contributed by atoms with Gasteiger partial charge in [0.25, 0.3) is 5.91 Å². The van der Waals surface area contributed by atoms with E-state index in [0.29, 0.717) is 18.0 Å². The first kappa shape index (κ1) is 19.2. The molecule has 0 bridgehead atoms. The number of likely N-dealkylation sites (tertiary alicyclic amines) is 1. The number of nitrogens with two attached hydrogens (primary N) is 1. The second-order valence-corrected chi connectivity index (χ2v) is 5.11. The van der Waals surface area contributed by atoms with Crippen LogP contribution in [0.5, 0.6) is 0 Å². The van der Waals surface area contributed by atoms with E-state index in [0.717, 1.165) is 25.1 Å². The lowest BCUT2D eigenvalue weighted by Gasteiger charge is -2.39. The average Bonchev–Trinajstić information content (AvgIpc) is 2.38. The maximum Gasteiger partial charge on any atom is 0.255 e. The van der Waals surface area contributed by atoms with Crippen molar-refractivity contribution in [2.75, 3.05) is 13.1 Å². The Hall–Kier alpha value is -0.840. The molecule has 1 aromatic rings. The molecule has 0 aliphatic carbocycles. The van der Waals surface area contributed by atoms with Gasteiger partial charge in [-0.1, -0.05) is 6.92 Å². The quantitative estimate of drug-likeness (QED) is 0.910. The van der Waals surface area contributed by atoms with Crippen LogP contribution < -0.4 is 5.73 Å². The third-order valence-corrected chi connectivity index (χ3v) is 3.78. The molecule has 0 saturated carbocycles. The molecule has 1 aromatic heterocycles. The van der Waals surface area contributed by atoms with Gasteiger partial charge >= 0.3 is 0 Å². The Labute approximate surface area is 132 Å². The first-order valence-electron chi connectivity index (χ1n) is 6.57. The van der Waals surface area contributed by atoms with E-state index >= 15 is 0 Å². The topological polar surface area (TPSA) is 59.2 Å². The van der Waals surface area contributed by atoms with E-state index in [4.69, 9.17) is 5.73 Å². The summed E-state index contributed by atoms with van der Waals surface area (Å²) in [6.45, 7) is 5.43. The molecule has 1 amide bonds. The van der Waals surface area contributed by atoms with Crippen molar-refractivity contribution < 1.29 is 4.79 Å². The van der Waals surface area contributed by atoms with Gasteiger partial charge in [-0.25, -0.2) is 0 Å². The number of halogens is 2. The van der Waals surface area contributed by atoms with Crippen molar-refractivity contribution in [2.45, 2.75) is 32.7 Å². The number of carbonyl (C=O) groups excluding carboxylic acids is 1. The van der Waals surface area contributed by atoms with E-state index in [-0.39, 0.29) is 36.8 Å². The number of amides is 1. The van der Waals surface area contributed by atoms with E-state index in [1.807, 2.05) is 24.0 Å². The monoisotopic (exact) mass is 319 g/mol. The molecule has 2 N–H and O–H groups in total. The van der Waals surface area contributed by atoms with Crippen molar-refractivity contribution in [1.82, 2.24) is 9.88 Å². The molecule has 2 atom stereocenters. The van der Waals surface area contributed by atoms with E-state index in [1.165, 1.54) is 0 Å². The van der Waals surface area contributed by atoms with Crippen molar-refractivity contribution in [1.29, 1.82) is 0 Å². The molecule has 6 heteroatoms. The van der Waals surface area contributed by atoms with Gasteiger partial charge in [0.05, 0.1) is 5.56 Å². The largest absolute Gasteiger partial charge is 0.334 e. The van der Waals surface area contributed by atoms with Crippen LogP contribution in [0, 0.1) is 12.8 Å². The SMILES string of the molecule is Cc1ccc(C(=O)N2CCCC(C)C2CN)cn1.Cl.Cl. The summed E-state index contributed by atoms with van der Waals surface area (Å²) in [6, 6.07) is 3.88. The third-order valence-electron chi connectivity index (χ3n) is 3.78. The first-order valence-corrected chi connectivity index (χ1v) is 6.57. The molecule has 0 aromatic carbocycles. The zero-order valence-corrected chi connectivity index (χ0v) is 13.5. The fraction of sp³-hybridized carbons (Fsp3) is 0.571. The van der Waals surface area contributed by atoms with Crippen molar-refractivity contribution in [3.05, 3.63) is 29.6 Å². The minimum Gasteiger partial charge on any atom is -0.334 e. The lowest BCUT2D eigenvalue weighted by molar-refractivity contribution is 0.0532. The van der Waals surface area contributed by atoms with E-state index in [1.54, 1.807) is 6.20 Å². The highest BCUT2D eigenvalue weighted by molar-refractivity contribution is 5.94. The molecule has 2 heterocycles. The Bertz CT molecular complexity index is 425. The number of nitrogens with zero attached hydrogens (tertiary/aromatic N) is 2. The maximum atomic E-state index is 12.5. The van der Waals surface area contributed by atoms with E-state index in [9.17, 15) is 4.79 Å². The zero-order chi connectivity index (χ0) is 13.1. The number of aryl methyl sites for hydroxylation is 1. The summed E-state index contributed by atoms with van der Waals surface area (Å²) in [5, 5.41) is 0. The summed E-state index contributed by atoms with van der Waals surface area (Å²) in [4.78, 5) is 18.6. The molecule has 2 unspecified atom stereocenters. The fourth-order valence-corrected chi connectivity index (χ4v) is 2.62. The Morgan fingerprint density at radius 2 is 2.15 bits per heavy atom. The molecule has 0 spiro atoms. The van der Waals surface area contributed by atoms with E-state index in [2.05, 4.69) is 11.9 Å². The lowest BCUT2D eigenvalue weighted by Crippen LogP contribution is -2.51. The Balaban J connectivity index is 0.00000180. The number of pyridine rings is 1. The van der Waals surface area contributed by atoms with Crippen LogP contribution in [0.15, 0.2) is 18.3 Å². The molecule has 4 nitrogen and oxygen atoms in total. The summed E-state index contributed by atoms with van der Waals surface area (Å²) in [6.07, 6.45) is 3.87. The zero-order valence-electron chi connectivity index (χ0n) is 11.9. The normalized spacial score (nSPS) is 21.6. The second-order valence-electron chi connectivity index (χ2n) is 5.11. The van der Waals surface area contributed by atoms with Crippen LogP contribution in [-0.4, -0.2) is 34.9 Å². The van der Waals surface area contributed by atoms with Gasteiger partial charge in [-0.15, -0.1) is 24.8 Å². The summed E-state index contributed by atoms with van der Waals surface area (Å²) >= 11 is 0. The van der Waals surface area contributed by atoms with Gasteiger partial charge in [-0.05, 0) is 37.8 Å². The highest BCUT2D eigenvalue weighted by Crippen LogP contribution is 2.24. The number of hydrogen-bond acceptors (Lipinski definition) is 3. The standard InChI is InChI=1S/C14H21N3O.2ClH/c1-10-4-3-7-17(13(10)8-15)14(18)12-6-5-11(2)16-9-12;;/h5-6,9-10,13H,3-4,7-8,15H2,1-2H3;2*1H. The number of aromatic nitrogens is 1. The summed E-state index contributed by atoms with van der Waals surface area (Å²) in [7, 11) is 0. The number of piperidine rings is 1. The summed E-state index contributed by atoms with van der Waals surface area (Å²) in [5.41, 5.74) is 7.40. The summed E-state index contributed by atoms with van der Waals surface area (Å²) in [5.74, 6) is 0.538. The van der Waals surface area contributed by atoms with Gasteiger partial charge in [0, 0.05) is 31.0 Å². The van der Waals surface area contributed by atoms with Gasteiger partial charge < -0.3 is 10.6 Å². The molecule has 1 fully saturated rings. The summed E-state index contributed by atoms with van der Waals surface area (Å²) < 4.78 is 0. The smallest absolute Gasteiger partial charge is 0.255 e. The van der Waals surface area contributed by atoms with Crippen LogP contribution in [0.3, 0.4) is 0 Å². The van der Waals surface area contributed by atoms with E-state index < -0.39 is 0 Å². The Kier molecular flexibility index (Phi) is 8.09. The van der Waals surface area contributed by atoms with Crippen molar-refractivity contribution in [2.24, 2.45) is 11.7 Å². The second kappa shape index (κ2) is 8.45. The van der Waals surface area contributed by atoms with Crippen LogP contribution in [-0.2, 0) is 0 Å². The molecule has 2 rings (SSSR count). The van der Waals surface area contributed by atoms with Crippen LogP contribution in [0.1, 0.15) is 35.8 Å². The Morgan fingerprint density at radius 1 is 1.45 bits per heavy atom. The molecular formula is C14H23Cl2N3O. The van der Waals surface area contributed by atoms with Crippen molar-refractivity contribution in [3.8, 4) is 0 Å². The predicted octanol–water partition coefficient (Wildman–Crippen LogP) is 2.43. The molecule has 1 aliphatic heterocycles.